The van der Waals surface area contributed by atoms with Crippen LogP contribution in [0.25, 0.3) is 0 Å². The van der Waals surface area contributed by atoms with Gasteiger partial charge in [0, 0.05) is 12.1 Å². The summed E-state index contributed by atoms with van der Waals surface area (Å²) in [6.07, 6.45) is 2.21. The van der Waals surface area contributed by atoms with Crippen molar-refractivity contribution in [3.05, 3.63) is 89.7 Å². The van der Waals surface area contributed by atoms with Crippen LogP contribution in [-0.4, -0.2) is 46.0 Å². The molecule has 2 N–H and O–H groups in total. The maximum absolute atomic E-state index is 13.9. The van der Waals surface area contributed by atoms with Gasteiger partial charge in [-0.1, -0.05) is 30.3 Å². The van der Waals surface area contributed by atoms with E-state index in [0.29, 0.717) is 6.54 Å². The summed E-state index contributed by atoms with van der Waals surface area (Å²) in [5, 5.41) is 2.95. The first-order valence-corrected chi connectivity index (χ1v) is 12.9. The fourth-order valence-electron chi connectivity index (χ4n) is 4.18. The van der Waals surface area contributed by atoms with Gasteiger partial charge < -0.3 is 10.1 Å². The van der Waals surface area contributed by atoms with Crippen LogP contribution in [0.5, 0.6) is 5.75 Å². The van der Waals surface area contributed by atoms with Gasteiger partial charge in [-0.15, -0.1) is 0 Å². The van der Waals surface area contributed by atoms with Gasteiger partial charge in [-0.25, -0.2) is 12.8 Å². The molecule has 0 radical (unpaired) electrons. The molecule has 4 rings (SSSR count). The molecule has 1 aliphatic rings. The molecular formula is C26H28FN3O4S. The fraction of sp³-hybridized carbons (Fsp3) is 0.269. The van der Waals surface area contributed by atoms with Crippen LogP contribution in [0.15, 0.2) is 77.7 Å². The van der Waals surface area contributed by atoms with Crippen molar-refractivity contribution in [2.24, 2.45) is 0 Å². The van der Waals surface area contributed by atoms with Gasteiger partial charge in [-0.2, -0.15) is 0 Å². The molecule has 184 valence electrons. The highest BCUT2D eigenvalue weighted by atomic mass is 32.2. The monoisotopic (exact) mass is 497 g/mol. The molecule has 0 aromatic heterocycles. The number of nitrogens with zero attached hydrogens (tertiary/aromatic N) is 1. The van der Waals surface area contributed by atoms with Crippen molar-refractivity contribution in [2.75, 3.05) is 31.5 Å². The Morgan fingerprint density at radius 1 is 1.03 bits per heavy atom. The quantitative estimate of drug-likeness (QED) is 0.463. The smallest absolute Gasteiger partial charge is 0.262 e. The average Bonchev–Trinajstić information content (AvgIpc) is 3.40. The fourth-order valence-corrected chi connectivity index (χ4v) is 5.29. The third-order valence-electron chi connectivity index (χ3n) is 6.06. The summed E-state index contributed by atoms with van der Waals surface area (Å²) in [7, 11) is -2.46. The zero-order valence-electron chi connectivity index (χ0n) is 19.4. The normalized spacial score (nSPS) is 14.9. The first-order valence-electron chi connectivity index (χ1n) is 11.4. The van der Waals surface area contributed by atoms with Gasteiger partial charge in [-0.05, 0) is 74.0 Å². The number of halogens is 1. The number of amides is 1. The Kier molecular flexibility index (Phi) is 7.67. The molecular weight excluding hydrogens is 469 g/mol. The number of benzene rings is 3. The molecule has 0 bridgehead atoms. The van der Waals surface area contributed by atoms with Crippen LogP contribution < -0.4 is 14.8 Å². The molecule has 3 aromatic carbocycles. The second-order valence-electron chi connectivity index (χ2n) is 8.36. The first kappa shape index (κ1) is 24.7. The number of sulfonamides is 1. The van der Waals surface area contributed by atoms with Crippen molar-refractivity contribution < 1.29 is 22.3 Å². The Morgan fingerprint density at radius 2 is 1.74 bits per heavy atom. The molecule has 9 heteroatoms. The van der Waals surface area contributed by atoms with Gasteiger partial charge in [0.2, 0.25) is 0 Å². The molecule has 0 unspecified atom stereocenters. The topological polar surface area (TPSA) is 87.7 Å². The van der Waals surface area contributed by atoms with Crippen LogP contribution in [0.3, 0.4) is 0 Å². The minimum atomic E-state index is -4.08. The van der Waals surface area contributed by atoms with E-state index in [9.17, 15) is 17.6 Å². The molecule has 35 heavy (non-hydrogen) atoms. The summed E-state index contributed by atoms with van der Waals surface area (Å²) in [6, 6.07) is 19.0. The van der Waals surface area contributed by atoms with Crippen molar-refractivity contribution >= 4 is 21.6 Å². The third-order valence-corrected chi connectivity index (χ3v) is 7.43. The largest absolute Gasteiger partial charge is 0.497 e. The Balaban J connectivity index is 1.48. The molecule has 3 aromatic rings. The van der Waals surface area contributed by atoms with Crippen molar-refractivity contribution in [1.29, 1.82) is 0 Å². The number of likely N-dealkylation sites (tertiary alicyclic amines) is 1. The van der Waals surface area contributed by atoms with Gasteiger partial charge in [-0.3, -0.25) is 14.4 Å². The summed E-state index contributed by atoms with van der Waals surface area (Å²) < 4.78 is 47.0. The first-order chi connectivity index (χ1) is 16.9. The van der Waals surface area contributed by atoms with Crippen LogP contribution in [0.2, 0.25) is 0 Å². The highest BCUT2D eigenvalue weighted by molar-refractivity contribution is 7.92. The highest BCUT2D eigenvalue weighted by Gasteiger charge is 2.25. The van der Waals surface area contributed by atoms with E-state index < -0.39 is 15.8 Å². The number of ether oxygens (including phenoxy) is 1. The van der Waals surface area contributed by atoms with E-state index in [4.69, 9.17) is 4.74 Å². The minimum absolute atomic E-state index is 0.0120. The summed E-state index contributed by atoms with van der Waals surface area (Å²) in [6.45, 7) is 2.26. The number of hydrogen-bond donors (Lipinski definition) is 2. The number of anilines is 1. The Labute approximate surface area is 205 Å². The molecule has 7 nitrogen and oxygen atoms in total. The predicted molar refractivity (Wildman–Crippen MR) is 133 cm³/mol. The van der Waals surface area contributed by atoms with Gasteiger partial charge in [0.25, 0.3) is 15.9 Å². The average molecular weight is 498 g/mol. The summed E-state index contributed by atoms with van der Waals surface area (Å²) in [4.78, 5) is 15.2. The number of hydrogen-bond acceptors (Lipinski definition) is 5. The van der Waals surface area contributed by atoms with E-state index in [1.54, 1.807) is 13.2 Å². The van der Waals surface area contributed by atoms with Crippen molar-refractivity contribution in [3.63, 3.8) is 0 Å². The van der Waals surface area contributed by atoms with Gasteiger partial charge in [0.1, 0.15) is 11.6 Å². The minimum Gasteiger partial charge on any atom is -0.497 e. The van der Waals surface area contributed by atoms with Gasteiger partial charge in [0.05, 0.1) is 23.7 Å². The summed E-state index contributed by atoms with van der Waals surface area (Å²) in [5.74, 6) is -0.304. The van der Waals surface area contributed by atoms with Crippen LogP contribution in [0.1, 0.15) is 34.8 Å². The lowest BCUT2D eigenvalue weighted by molar-refractivity contribution is 0.0937. The number of methoxy groups -OCH3 is 1. The van der Waals surface area contributed by atoms with Crippen molar-refractivity contribution in [2.45, 2.75) is 23.8 Å². The van der Waals surface area contributed by atoms with E-state index in [2.05, 4.69) is 14.9 Å². The Morgan fingerprint density at radius 3 is 2.43 bits per heavy atom. The molecule has 1 atom stereocenters. The lowest BCUT2D eigenvalue weighted by atomic mass is 10.0. The van der Waals surface area contributed by atoms with E-state index in [1.807, 2.05) is 24.3 Å². The zero-order valence-corrected chi connectivity index (χ0v) is 20.2. The number of nitrogens with one attached hydrogen (secondary N) is 2. The van der Waals surface area contributed by atoms with Gasteiger partial charge in [0.15, 0.2) is 0 Å². The van der Waals surface area contributed by atoms with E-state index in [-0.39, 0.29) is 28.1 Å². The number of carbonyl (C=O) groups is 1. The van der Waals surface area contributed by atoms with Gasteiger partial charge >= 0.3 is 0 Å². The van der Waals surface area contributed by atoms with Crippen molar-refractivity contribution in [1.82, 2.24) is 10.2 Å². The number of rotatable bonds is 9. The van der Waals surface area contributed by atoms with E-state index in [1.165, 1.54) is 42.5 Å². The Bertz CT molecular complexity index is 1280. The number of carbonyl (C=O) groups excluding carboxylic acids is 1. The lowest BCUT2D eigenvalue weighted by Gasteiger charge is -2.28. The zero-order chi connectivity index (χ0) is 24.8. The summed E-state index contributed by atoms with van der Waals surface area (Å²) in [5.41, 5.74) is 1.12. The standard InChI is InChI=1S/C26H28FN3O4S/c1-34-21-13-11-19(12-14-21)25(30-15-4-5-16-30)18-28-26(31)20-7-6-8-22(17-20)35(32,33)29-24-10-3-2-9-23(24)27/h2-3,6-14,17,25,29H,4-5,15-16,18H2,1H3,(H,28,31)/t25-/m0/s1. The summed E-state index contributed by atoms with van der Waals surface area (Å²) >= 11 is 0. The Hall–Kier alpha value is -3.43. The lowest BCUT2D eigenvalue weighted by Crippen LogP contribution is -2.36. The van der Waals surface area contributed by atoms with Crippen LogP contribution in [0, 0.1) is 5.82 Å². The van der Waals surface area contributed by atoms with Crippen LogP contribution in [0.4, 0.5) is 10.1 Å². The molecule has 0 aliphatic carbocycles. The van der Waals surface area contributed by atoms with Crippen LogP contribution >= 0.6 is 0 Å². The molecule has 1 amide bonds. The molecule has 1 saturated heterocycles. The molecule has 0 spiro atoms. The van der Waals surface area contributed by atoms with Crippen LogP contribution in [-0.2, 0) is 10.0 Å². The van der Waals surface area contributed by atoms with E-state index in [0.717, 1.165) is 37.2 Å². The second kappa shape index (κ2) is 10.9. The highest BCUT2D eigenvalue weighted by Crippen LogP contribution is 2.26. The van der Waals surface area contributed by atoms with Crippen molar-refractivity contribution in [3.8, 4) is 5.75 Å². The predicted octanol–water partition coefficient (Wildman–Crippen LogP) is 4.20. The molecule has 1 fully saturated rings. The maximum atomic E-state index is 13.9. The molecule has 1 aliphatic heterocycles. The number of para-hydroxylation sites is 1. The SMILES string of the molecule is COc1ccc([C@H](CNC(=O)c2cccc(S(=O)(=O)Nc3ccccc3F)c2)N2CCCC2)cc1. The molecule has 1 heterocycles. The maximum Gasteiger partial charge on any atom is 0.262 e. The third kappa shape index (κ3) is 5.98. The van der Waals surface area contributed by atoms with E-state index >= 15 is 0 Å². The molecule has 0 saturated carbocycles. The second-order valence-corrected chi connectivity index (χ2v) is 10.0.